The summed E-state index contributed by atoms with van der Waals surface area (Å²) in [4.78, 5) is 2.40. The number of fused-ring (bicyclic) bond motifs is 4. The predicted molar refractivity (Wildman–Crippen MR) is 255 cm³/mol. The largest absolute Gasteiger partial charge is 0.310 e. The Balaban J connectivity index is 1.00. The van der Waals surface area contributed by atoms with Crippen LogP contribution < -0.4 is 4.90 Å². The van der Waals surface area contributed by atoms with Gasteiger partial charge in [0, 0.05) is 33.3 Å². The van der Waals surface area contributed by atoms with Crippen molar-refractivity contribution in [1.82, 2.24) is 4.57 Å². The van der Waals surface area contributed by atoms with Crippen molar-refractivity contribution in [1.29, 1.82) is 0 Å². The number of hydrogen-bond donors (Lipinski definition) is 0. The number of para-hydroxylation sites is 4. The molecule has 0 saturated carbocycles. The van der Waals surface area contributed by atoms with Crippen molar-refractivity contribution >= 4 is 49.6 Å². The number of nitrogens with zero attached hydrogens (tertiary/aromatic N) is 2. The quantitative estimate of drug-likeness (QED) is 0.150. The summed E-state index contributed by atoms with van der Waals surface area (Å²) < 4.78 is 2.42. The predicted octanol–water partition coefficient (Wildman–Crippen LogP) is 16.1. The molecule has 1 aromatic heterocycles. The third-order valence-electron chi connectivity index (χ3n) is 11.8. The van der Waals surface area contributed by atoms with E-state index >= 15 is 0 Å². The van der Waals surface area contributed by atoms with Crippen molar-refractivity contribution in [3.05, 3.63) is 243 Å². The van der Waals surface area contributed by atoms with E-state index in [1.54, 1.807) is 0 Å². The summed E-state index contributed by atoms with van der Waals surface area (Å²) in [7, 11) is 0. The third-order valence-corrected chi connectivity index (χ3v) is 11.8. The Hall–Kier alpha value is -7.94. The standard InChI is InChI=1S/C58H40N2/c1-2-17-43(18-3-1)51-24-6-10-28-55(51)59(50-23-15-21-46(40-50)47-33-32-41-16-4-5-19-44(41)38-47)49-36-34-42(35-37-49)45-20-14-22-48(39-45)52-25-7-11-29-56(52)60-57-30-12-8-26-53(57)54-27-9-13-31-58(54)60/h1-40H. The van der Waals surface area contributed by atoms with E-state index < -0.39 is 0 Å². The van der Waals surface area contributed by atoms with Crippen LogP contribution in [0.25, 0.3) is 82.8 Å². The lowest BCUT2D eigenvalue weighted by Gasteiger charge is -2.28. The van der Waals surface area contributed by atoms with Gasteiger partial charge in [0.2, 0.25) is 0 Å². The first-order valence-corrected chi connectivity index (χ1v) is 20.6. The van der Waals surface area contributed by atoms with Gasteiger partial charge in [-0.3, -0.25) is 0 Å². The van der Waals surface area contributed by atoms with Crippen LogP contribution in [0.15, 0.2) is 243 Å². The molecule has 0 aliphatic rings. The maximum atomic E-state index is 2.42. The Morgan fingerprint density at radius 3 is 1.62 bits per heavy atom. The van der Waals surface area contributed by atoms with E-state index in [4.69, 9.17) is 0 Å². The highest BCUT2D eigenvalue weighted by Gasteiger charge is 2.19. The first-order chi connectivity index (χ1) is 29.8. The Morgan fingerprint density at radius 1 is 0.283 bits per heavy atom. The summed E-state index contributed by atoms with van der Waals surface area (Å²) in [5, 5.41) is 5.01. The molecule has 11 rings (SSSR count). The van der Waals surface area contributed by atoms with Crippen molar-refractivity contribution in [2.24, 2.45) is 0 Å². The summed E-state index contributed by atoms with van der Waals surface area (Å²) in [5.74, 6) is 0. The van der Waals surface area contributed by atoms with Gasteiger partial charge in [-0.25, -0.2) is 0 Å². The van der Waals surface area contributed by atoms with Crippen molar-refractivity contribution < 1.29 is 0 Å². The zero-order valence-electron chi connectivity index (χ0n) is 33.0. The maximum Gasteiger partial charge on any atom is 0.0541 e. The molecule has 0 spiro atoms. The summed E-state index contributed by atoms with van der Waals surface area (Å²) in [6, 6.07) is 87.9. The van der Waals surface area contributed by atoms with Crippen molar-refractivity contribution in [2.45, 2.75) is 0 Å². The second kappa shape index (κ2) is 15.1. The highest BCUT2D eigenvalue weighted by atomic mass is 15.1. The molecule has 0 saturated heterocycles. The Labute approximate surface area is 350 Å². The minimum Gasteiger partial charge on any atom is -0.310 e. The molecule has 0 amide bonds. The monoisotopic (exact) mass is 764 g/mol. The van der Waals surface area contributed by atoms with Gasteiger partial charge in [0.15, 0.2) is 0 Å². The Bertz CT molecular complexity index is 3270. The van der Waals surface area contributed by atoms with Gasteiger partial charge >= 0.3 is 0 Å². The Kier molecular flexibility index (Phi) is 8.87. The van der Waals surface area contributed by atoms with Gasteiger partial charge in [-0.1, -0.05) is 182 Å². The molecule has 0 aliphatic heterocycles. The van der Waals surface area contributed by atoms with Gasteiger partial charge in [0.1, 0.15) is 0 Å². The van der Waals surface area contributed by atoms with Crippen LogP contribution in [0, 0.1) is 0 Å². The van der Waals surface area contributed by atoms with Crippen LogP contribution in [0.2, 0.25) is 0 Å². The van der Waals surface area contributed by atoms with E-state index in [1.165, 1.54) is 77.2 Å². The Morgan fingerprint density at radius 2 is 0.833 bits per heavy atom. The smallest absolute Gasteiger partial charge is 0.0541 e. The van der Waals surface area contributed by atoms with E-state index in [0.29, 0.717) is 0 Å². The molecule has 60 heavy (non-hydrogen) atoms. The molecule has 0 N–H and O–H groups in total. The second-order valence-corrected chi connectivity index (χ2v) is 15.3. The van der Waals surface area contributed by atoms with E-state index in [1.807, 2.05) is 0 Å². The van der Waals surface area contributed by atoms with Gasteiger partial charge in [0.05, 0.1) is 22.4 Å². The van der Waals surface area contributed by atoms with Crippen LogP contribution in [0.4, 0.5) is 17.1 Å². The third kappa shape index (κ3) is 6.32. The first kappa shape index (κ1) is 35.2. The summed E-state index contributed by atoms with van der Waals surface area (Å²) >= 11 is 0. The molecule has 0 atom stereocenters. The fourth-order valence-corrected chi connectivity index (χ4v) is 8.92. The lowest BCUT2D eigenvalue weighted by atomic mass is 9.97. The minimum absolute atomic E-state index is 1.09. The summed E-state index contributed by atoms with van der Waals surface area (Å²) in [6.07, 6.45) is 0. The molecule has 11 aromatic rings. The second-order valence-electron chi connectivity index (χ2n) is 15.3. The summed E-state index contributed by atoms with van der Waals surface area (Å²) in [6.45, 7) is 0. The summed E-state index contributed by atoms with van der Waals surface area (Å²) in [5.41, 5.74) is 16.3. The first-order valence-electron chi connectivity index (χ1n) is 20.6. The van der Waals surface area contributed by atoms with Crippen LogP contribution >= 0.6 is 0 Å². The molecule has 0 bridgehead atoms. The number of aromatic nitrogens is 1. The number of hydrogen-bond acceptors (Lipinski definition) is 1. The SMILES string of the molecule is c1ccc(-c2ccccc2N(c2ccc(-c3cccc(-c4ccccc4-n4c5ccccc5c5ccccc54)c3)cc2)c2cccc(-c3ccc4ccccc4c3)c2)cc1. The van der Waals surface area contributed by atoms with E-state index in [0.717, 1.165) is 22.6 Å². The molecule has 0 fully saturated rings. The lowest BCUT2D eigenvalue weighted by Crippen LogP contribution is -2.11. The number of benzene rings is 10. The van der Waals surface area contributed by atoms with Crippen LogP contribution in [0.1, 0.15) is 0 Å². The lowest BCUT2D eigenvalue weighted by molar-refractivity contribution is 1.18. The zero-order chi connectivity index (χ0) is 39.8. The van der Waals surface area contributed by atoms with Gasteiger partial charge in [0.25, 0.3) is 0 Å². The average molecular weight is 765 g/mol. The number of rotatable bonds is 8. The van der Waals surface area contributed by atoms with Crippen LogP contribution in [-0.4, -0.2) is 4.57 Å². The van der Waals surface area contributed by atoms with Crippen molar-refractivity contribution in [3.63, 3.8) is 0 Å². The average Bonchev–Trinajstić information content (AvgIpc) is 3.66. The highest BCUT2D eigenvalue weighted by Crippen LogP contribution is 2.43. The normalized spacial score (nSPS) is 11.3. The fraction of sp³-hybridized carbons (Fsp3) is 0. The number of anilines is 3. The van der Waals surface area contributed by atoms with E-state index in [-0.39, 0.29) is 0 Å². The molecule has 2 nitrogen and oxygen atoms in total. The highest BCUT2D eigenvalue weighted by molar-refractivity contribution is 6.09. The van der Waals surface area contributed by atoms with Crippen LogP contribution in [0.3, 0.4) is 0 Å². The molecule has 0 radical (unpaired) electrons. The molecule has 282 valence electrons. The molecule has 0 unspecified atom stereocenters. The minimum atomic E-state index is 1.09. The van der Waals surface area contributed by atoms with Gasteiger partial charge in [-0.15, -0.1) is 0 Å². The van der Waals surface area contributed by atoms with Gasteiger partial charge < -0.3 is 9.47 Å². The van der Waals surface area contributed by atoms with Crippen LogP contribution in [0.5, 0.6) is 0 Å². The molecule has 0 aliphatic carbocycles. The molecule has 10 aromatic carbocycles. The van der Waals surface area contributed by atoms with Gasteiger partial charge in [-0.2, -0.15) is 0 Å². The maximum absolute atomic E-state index is 2.42. The van der Waals surface area contributed by atoms with Crippen molar-refractivity contribution in [3.8, 4) is 50.2 Å². The van der Waals surface area contributed by atoms with E-state index in [2.05, 4.69) is 252 Å². The van der Waals surface area contributed by atoms with E-state index in [9.17, 15) is 0 Å². The van der Waals surface area contributed by atoms with Gasteiger partial charge in [-0.05, 0) is 105 Å². The van der Waals surface area contributed by atoms with Crippen LogP contribution in [-0.2, 0) is 0 Å². The zero-order valence-corrected chi connectivity index (χ0v) is 33.0. The fourth-order valence-electron chi connectivity index (χ4n) is 8.92. The molecular weight excluding hydrogens is 725 g/mol. The molecule has 1 heterocycles. The molecular formula is C58H40N2. The topological polar surface area (TPSA) is 8.17 Å². The van der Waals surface area contributed by atoms with Crippen molar-refractivity contribution in [2.75, 3.05) is 4.90 Å². The molecule has 2 heteroatoms.